The monoisotopic (exact) mass is 476 g/mol. The van der Waals surface area contributed by atoms with Crippen LogP contribution in [-0.4, -0.2) is 104 Å². The van der Waals surface area contributed by atoms with E-state index in [0.29, 0.717) is 25.1 Å². The van der Waals surface area contributed by atoms with Crippen LogP contribution in [0.5, 0.6) is 0 Å². The number of ether oxygens (including phenoxy) is 1. The van der Waals surface area contributed by atoms with Gasteiger partial charge in [0.2, 0.25) is 0 Å². The molecule has 9 nitrogen and oxygen atoms in total. The first-order valence-electron chi connectivity index (χ1n) is 11.7. The van der Waals surface area contributed by atoms with Gasteiger partial charge in [0, 0.05) is 38.3 Å². The van der Waals surface area contributed by atoms with Gasteiger partial charge in [-0.15, -0.1) is 0 Å². The van der Waals surface area contributed by atoms with Gasteiger partial charge in [-0.2, -0.15) is 5.26 Å². The molecule has 1 aromatic carbocycles. The largest absolute Gasteiger partial charge is 0.465 e. The van der Waals surface area contributed by atoms with E-state index in [1.54, 1.807) is 4.90 Å². The van der Waals surface area contributed by atoms with E-state index in [4.69, 9.17) is 10.00 Å². The van der Waals surface area contributed by atoms with Crippen molar-refractivity contribution in [1.29, 1.82) is 5.26 Å². The summed E-state index contributed by atoms with van der Waals surface area (Å²) in [5, 5.41) is 18.7. The van der Waals surface area contributed by atoms with E-state index < -0.39 is 15.9 Å². The average Bonchev–Trinajstić information content (AvgIpc) is 3.10. The summed E-state index contributed by atoms with van der Waals surface area (Å²) in [5.74, 6) is 0.0376. The molecular weight excluding hydrogens is 444 g/mol. The SMILES string of the molecule is N#Cc1ccc(S(=O)(=O)CCCN2C3CCC2C(CCN2CCOCC2)N(C(=O)O)C3)cc1. The number of piperazine rings is 1. The van der Waals surface area contributed by atoms with E-state index in [-0.39, 0.29) is 28.8 Å². The lowest BCUT2D eigenvalue weighted by molar-refractivity contribution is 0.00322. The van der Waals surface area contributed by atoms with Gasteiger partial charge in [-0.05, 0) is 56.5 Å². The zero-order valence-electron chi connectivity index (χ0n) is 18.8. The van der Waals surface area contributed by atoms with Crippen LogP contribution >= 0.6 is 0 Å². The van der Waals surface area contributed by atoms with Gasteiger partial charge in [0.25, 0.3) is 0 Å². The van der Waals surface area contributed by atoms with Crippen molar-refractivity contribution >= 4 is 15.9 Å². The Morgan fingerprint density at radius 1 is 1.15 bits per heavy atom. The van der Waals surface area contributed by atoms with E-state index >= 15 is 0 Å². The molecule has 1 aromatic rings. The summed E-state index contributed by atoms with van der Waals surface area (Å²) in [6.45, 7) is 5.18. The summed E-state index contributed by atoms with van der Waals surface area (Å²) in [4.78, 5) is 18.5. The van der Waals surface area contributed by atoms with Gasteiger partial charge in [-0.25, -0.2) is 13.2 Å². The van der Waals surface area contributed by atoms with E-state index in [1.807, 2.05) is 6.07 Å². The molecule has 10 heteroatoms. The Kier molecular flexibility index (Phi) is 7.54. The summed E-state index contributed by atoms with van der Waals surface area (Å²) in [6.07, 6.45) is 2.32. The summed E-state index contributed by atoms with van der Waals surface area (Å²) in [7, 11) is -3.42. The lowest BCUT2D eigenvalue weighted by Crippen LogP contribution is -2.61. The minimum absolute atomic E-state index is 0.0376. The van der Waals surface area contributed by atoms with Gasteiger partial charge in [0.15, 0.2) is 9.84 Å². The highest BCUT2D eigenvalue weighted by Crippen LogP contribution is 2.36. The Morgan fingerprint density at radius 2 is 1.88 bits per heavy atom. The van der Waals surface area contributed by atoms with Crippen LogP contribution in [0.3, 0.4) is 0 Å². The summed E-state index contributed by atoms with van der Waals surface area (Å²) >= 11 is 0. The number of amides is 1. The van der Waals surface area contributed by atoms with Crippen molar-refractivity contribution in [3.05, 3.63) is 29.8 Å². The minimum atomic E-state index is -3.42. The molecule has 3 saturated heterocycles. The van der Waals surface area contributed by atoms with Gasteiger partial charge >= 0.3 is 6.09 Å². The van der Waals surface area contributed by atoms with Crippen LogP contribution in [0.25, 0.3) is 0 Å². The highest BCUT2D eigenvalue weighted by atomic mass is 32.2. The number of sulfone groups is 1. The maximum Gasteiger partial charge on any atom is 0.407 e. The Hall–Kier alpha value is -2.19. The molecule has 3 fully saturated rings. The molecule has 0 spiro atoms. The number of carbonyl (C=O) groups is 1. The Balaban J connectivity index is 1.37. The minimum Gasteiger partial charge on any atom is -0.465 e. The quantitative estimate of drug-likeness (QED) is 0.602. The molecule has 4 rings (SSSR count). The molecule has 0 radical (unpaired) electrons. The zero-order valence-corrected chi connectivity index (χ0v) is 19.6. The molecule has 0 saturated carbocycles. The number of nitriles is 1. The van der Waals surface area contributed by atoms with Crippen LogP contribution in [0.15, 0.2) is 29.2 Å². The van der Waals surface area contributed by atoms with Crippen molar-refractivity contribution in [1.82, 2.24) is 14.7 Å². The van der Waals surface area contributed by atoms with Gasteiger partial charge in [-0.1, -0.05) is 0 Å². The predicted octanol–water partition coefficient (Wildman–Crippen LogP) is 1.64. The lowest BCUT2D eigenvalue weighted by atomic mass is 9.99. The predicted molar refractivity (Wildman–Crippen MR) is 122 cm³/mol. The third-order valence-electron chi connectivity index (χ3n) is 7.20. The summed E-state index contributed by atoms with van der Waals surface area (Å²) in [5.41, 5.74) is 0.435. The molecular formula is C23H32N4O5S. The number of rotatable bonds is 8. The second-order valence-electron chi connectivity index (χ2n) is 9.09. The Bertz CT molecular complexity index is 972. The number of fused-ring (bicyclic) bond motifs is 2. The fourth-order valence-electron chi connectivity index (χ4n) is 5.49. The summed E-state index contributed by atoms with van der Waals surface area (Å²) < 4.78 is 30.9. The van der Waals surface area contributed by atoms with E-state index in [1.165, 1.54) is 24.3 Å². The first-order chi connectivity index (χ1) is 15.9. The molecule has 2 bridgehead atoms. The number of hydrogen-bond acceptors (Lipinski definition) is 7. The number of nitrogens with zero attached hydrogens (tertiary/aromatic N) is 4. The topological polar surface area (TPSA) is 114 Å². The standard InChI is InChI=1S/C23H32N4O5S/c24-16-18-2-5-20(6-3-18)33(30,31)15-1-9-26-19-4-7-21(26)22(27(17-19)23(28)29)8-10-25-11-13-32-14-12-25/h2-3,5-6,19,21-22H,1,4,7-15,17H2,(H,28,29). The molecule has 3 aliphatic heterocycles. The zero-order chi connectivity index (χ0) is 23.4. The van der Waals surface area contributed by atoms with E-state index in [9.17, 15) is 18.3 Å². The maximum absolute atomic E-state index is 12.7. The van der Waals surface area contributed by atoms with Gasteiger partial charge < -0.3 is 14.7 Å². The van der Waals surface area contributed by atoms with Gasteiger partial charge in [0.1, 0.15) is 0 Å². The van der Waals surface area contributed by atoms with Gasteiger partial charge in [-0.3, -0.25) is 9.80 Å². The molecule has 3 aliphatic rings. The maximum atomic E-state index is 12.7. The van der Waals surface area contributed by atoms with E-state index in [2.05, 4.69) is 9.80 Å². The fourth-order valence-corrected chi connectivity index (χ4v) is 6.79. The number of carboxylic acid groups (broad SMARTS) is 1. The molecule has 33 heavy (non-hydrogen) atoms. The second-order valence-corrected chi connectivity index (χ2v) is 11.2. The molecule has 3 heterocycles. The second kappa shape index (κ2) is 10.4. The lowest BCUT2D eigenvalue weighted by Gasteiger charge is -2.46. The van der Waals surface area contributed by atoms with Crippen LogP contribution in [-0.2, 0) is 14.6 Å². The molecule has 0 aromatic heterocycles. The molecule has 0 aliphatic carbocycles. The third kappa shape index (κ3) is 5.49. The fraction of sp³-hybridized carbons (Fsp3) is 0.652. The van der Waals surface area contributed by atoms with Crippen LogP contribution in [0.4, 0.5) is 4.79 Å². The van der Waals surface area contributed by atoms with Crippen LogP contribution in [0.1, 0.15) is 31.2 Å². The molecule has 1 N–H and O–H groups in total. The van der Waals surface area contributed by atoms with Crippen molar-refractivity contribution in [3.63, 3.8) is 0 Å². The first kappa shape index (κ1) is 24.0. The number of hydrogen-bond donors (Lipinski definition) is 1. The molecule has 3 unspecified atom stereocenters. The van der Waals surface area contributed by atoms with Crippen LogP contribution in [0, 0.1) is 11.3 Å². The van der Waals surface area contributed by atoms with Crippen molar-refractivity contribution < 1.29 is 23.1 Å². The third-order valence-corrected chi connectivity index (χ3v) is 9.02. The molecule has 3 atom stereocenters. The number of benzene rings is 1. The summed E-state index contributed by atoms with van der Waals surface area (Å²) in [6, 6.07) is 8.25. The first-order valence-corrected chi connectivity index (χ1v) is 13.3. The van der Waals surface area contributed by atoms with E-state index in [0.717, 1.165) is 52.1 Å². The Labute approximate surface area is 195 Å². The number of likely N-dealkylation sites (tertiary alicyclic amines) is 1. The molecule has 180 valence electrons. The van der Waals surface area contributed by atoms with Crippen molar-refractivity contribution in [2.24, 2.45) is 0 Å². The highest BCUT2D eigenvalue weighted by molar-refractivity contribution is 7.91. The normalized spacial score (nSPS) is 26.3. The van der Waals surface area contributed by atoms with Crippen LogP contribution in [0.2, 0.25) is 0 Å². The average molecular weight is 477 g/mol. The molecule has 1 amide bonds. The Morgan fingerprint density at radius 3 is 2.55 bits per heavy atom. The van der Waals surface area contributed by atoms with Crippen molar-refractivity contribution in [2.75, 3.05) is 51.7 Å². The van der Waals surface area contributed by atoms with Crippen LogP contribution < -0.4 is 0 Å². The van der Waals surface area contributed by atoms with Gasteiger partial charge in [0.05, 0.1) is 41.5 Å². The van der Waals surface area contributed by atoms with Crippen molar-refractivity contribution in [3.8, 4) is 6.07 Å². The smallest absolute Gasteiger partial charge is 0.407 e. The van der Waals surface area contributed by atoms with Crippen molar-refractivity contribution in [2.45, 2.75) is 48.7 Å². The highest BCUT2D eigenvalue weighted by Gasteiger charge is 2.47. The number of morpholine rings is 1.